The minimum atomic E-state index is -0.158. The van der Waals surface area contributed by atoms with Crippen LogP contribution in [0.1, 0.15) is 105 Å². The molecule has 0 spiro atoms. The van der Waals surface area contributed by atoms with Gasteiger partial charge in [0.15, 0.2) is 0 Å². The van der Waals surface area contributed by atoms with Crippen molar-refractivity contribution in [3.05, 3.63) is 22.8 Å². The Morgan fingerprint density at radius 3 is 2.61 bits per heavy atom. The third kappa shape index (κ3) is 3.15. The third-order valence-corrected chi connectivity index (χ3v) is 9.71. The number of aliphatic hydroxyl groups is 1. The molecule has 28 heavy (non-hydrogen) atoms. The maximum Gasteiger partial charge on any atom is 0.0668 e. The Labute approximate surface area is 174 Å². The van der Waals surface area contributed by atoms with Crippen LogP contribution in [-0.4, -0.2) is 11.2 Å². The Morgan fingerprint density at radius 1 is 1.07 bits per heavy atom. The highest BCUT2D eigenvalue weighted by atomic mass is 16.3. The lowest BCUT2D eigenvalue weighted by Crippen LogP contribution is -2.45. The fourth-order valence-corrected chi connectivity index (χ4v) is 7.99. The predicted octanol–water partition coefficient (Wildman–Crippen LogP) is 7.45. The van der Waals surface area contributed by atoms with E-state index in [0.717, 1.165) is 30.1 Å². The molecule has 0 aromatic rings. The molecule has 4 aliphatic carbocycles. The summed E-state index contributed by atoms with van der Waals surface area (Å²) in [6, 6.07) is 0. The van der Waals surface area contributed by atoms with Crippen LogP contribution in [0.5, 0.6) is 0 Å². The summed E-state index contributed by atoms with van der Waals surface area (Å²) in [5.41, 5.74) is 5.46. The first-order valence-electron chi connectivity index (χ1n) is 12.4. The lowest BCUT2D eigenvalue weighted by molar-refractivity contribution is 0.0408. The molecule has 1 unspecified atom stereocenters. The van der Waals surface area contributed by atoms with Crippen LogP contribution in [0.25, 0.3) is 0 Å². The van der Waals surface area contributed by atoms with Gasteiger partial charge >= 0.3 is 0 Å². The van der Waals surface area contributed by atoms with E-state index in [1.807, 2.05) is 0 Å². The van der Waals surface area contributed by atoms with Gasteiger partial charge < -0.3 is 5.11 Å². The minimum Gasteiger partial charge on any atom is -0.392 e. The highest BCUT2D eigenvalue weighted by Gasteiger charge is 2.55. The molecular weight excluding hydrogens is 340 g/mol. The largest absolute Gasteiger partial charge is 0.392 e. The van der Waals surface area contributed by atoms with Crippen molar-refractivity contribution >= 4 is 0 Å². The van der Waals surface area contributed by atoms with Crippen LogP contribution >= 0.6 is 0 Å². The third-order valence-electron chi connectivity index (χ3n) is 9.71. The standard InChI is InChI=1S/C27H44O/c1-18(2)8-6-9-19(3)22-14-15-23-21-13-12-20-10-7-11-25(28)27(20,5)24(21)16-17-26(22,23)4/h12,18-19,22-23,25,28H,6-11,13-17H2,1-5H3/t19-,22-,23+,25?,26-,27+/m1/s1. The van der Waals surface area contributed by atoms with E-state index in [1.165, 1.54) is 64.2 Å². The van der Waals surface area contributed by atoms with Crippen LogP contribution in [0.2, 0.25) is 0 Å². The Bertz CT molecular complexity index is 655. The van der Waals surface area contributed by atoms with Crippen molar-refractivity contribution in [2.45, 2.75) is 111 Å². The molecule has 0 saturated heterocycles. The molecule has 0 bridgehead atoms. The smallest absolute Gasteiger partial charge is 0.0668 e. The summed E-state index contributed by atoms with van der Waals surface area (Å²) in [5, 5.41) is 11.0. The first-order chi connectivity index (χ1) is 13.3. The molecule has 0 heterocycles. The fraction of sp³-hybridized carbons (Fsp3) is 0.852. The Balaban J connectivity index is 1.56. The topological polar surface area (TPSA) is 20.2 Å². The van der Waals surface area contributed by atoms with E-state index >= 15 is 0 Å². The number of fused-ring (bicyclic) bond motifs is 4. The summed E-state index contributed by atoms with van der Waals surface area (Å²) in [6.07, 6.45) is 16.5. The van der Waals surface area contributed by atoms with Crippen LogP contribution in [-0.2, 0) is 0 Å². The van der Waals surface area contributed by atoms with Crippen LogP contribution in [0, 0.1) is 34.5 Å². The van der Waals surface area contributed by atoms with Gasteiger partial charge in [-0.15, -0.1) is 0 Å². The van der Waals surface area contributed by atoms with Crippen molar-refractivity contribution in [1.29, 1.82) is 0 Å². The Morgan fingerprint density at radius 2 is 1.86 bits per heavy atom. The van der Waals surface area contributed by atoms with Gasteiger partial charge in [0.1, 0.15) is 0 Å². The van der Waals surface area contributed by atoms with Gasteiger partial charge in [0.25, 0.3) is 0 Å². The van der Waals surface area contributed by atoms with Crippen molar-refractivity contribution in [2.75, 3.05) is 0 Å². The average Bonchev–Trinajstić information content (AvgIpc) is 3.00. The monoisotopic (exact) mass is 384 g/mol. The maximum atomic E-state index is 11.0. The second-order valence-electron chi connectivity index (χ2n) is 11.6. The zero-order valence-corrected chi connectivity index (χ0v) is 19.2. The predicted molar refractivity (Wildman–Crippen MR) is 119 cm³/mol. The summed E-state index contributed by atoms with van der Waals surface area (Å²) in [5.74, 6) is 3.37. The molecule has 0 amide bonds. The van der Waals surface area contributed by atoms with Crippen LogP contribution in [0.4, 0.5) is 0 Å². The van der Waals surface area contributed by atoms with Crippen molar-refractivity contribution < 1.29 is 5.11 Å². The van der Waals surface area contributed by atoms with Crippen molar-refractivity contribution in [2.24, 2.45) is 34.5 Å². The molecule has 0 aromatic heterocycles. The van der Waals surface area contributed by atoms with E-state index in [-0.39, 0.29) is 11.5 Å². The minimum absolute atomic E-state index is 0.0336. The van der Waals surface area contributed by atoms with Gasteiger partial charge in [-0.25, -0.2) is 0 Å². The number of rotatable bonds is 5. The SMILES string of the molecule is CC(C)CCC[C@@H](C)[C@H]1CC[C@H]2C3=C(CC[C@]12C)[C@]1(C)C(=CC3)CCCC1O. The summed E-state index contributed by atoms with van der Waals surface area (Å²) in [7, 11) is 0. The second-order valence-corrected chi connectivity index (χ2v) is 11.6. The van der Waals surface area contributed by atoms with E-state index in [9.17, 15) is 5.11 Å². The molecule has 0 aromatic carbocycles. The normalized spacial score (nSPS) is 41.4. The van der Waals surface area contributed by atoms with E-state index in [2.05, 4.69) is 40.7 Å². The molecule has 0 radical (unpaired) electrons. The van der Waals surface area contributed by atoms with Gasteiger partial charge in [0.05, 0.1) is 6.10 Å². The Kier molecular flexibility index (Phi) is 5.62. The van der Waals surface area contributed by atoms with Crippen LogP contribution in [0.3, 0.4) is 0 Å². The fourth-order valence-electron chi connectivity index (χ4n) is 7.99. The Hall–Kier alpha value is -0.560. The molecule has 4 aliphatic rings. The van der Waals surface area contributed by atoms with Crippen molar-refractivity contribution in [3.63, 3.8) is 0 Å². The van der Waals surface area contributed by atoms with Gasteiger partial charge in [-0.1, -0.05) is 69.8 Å². The van der Waals surface area contributed by atoms with Gasteiger partial charge in [-0.2, -0.15) is 0 Å². The molecule has 4 rings (SSSR count). The van der Waals surface area contributed by atoms with Crippen molar-refractivity contribution in [3.8, 4) is 0 Å². The number of hydrogen-bond donors (Lipinski definition) is 1. The van der Waals surface area contributed by atoms with E-state index in [0.29, 0.717) is 5.41 Å². The van der Waals surface area contributed by atoms with E-state index in [4.69, 9.17) is 0 Å². The zero-order valence-electron chi connectivity index (χ0n) is 19.2. The van der Waals surface area contributed by atoms with Gasteiger partial charge in [-0.3, -0.25) is 0 Å². The molecule has 1 N–H and O–H groups in total. The molecule has 0 aliphatic heterocycles. The average molecular weight is 385 g/mol. The second kappa shape index (κ2) is 7.60. The molecule has 1 nitrogen and oxygen atoms in total. The molecule has 158 valence electrons. The van der Waals surface area contributed by atoms with E-state index < -0.39 is 0 Å². The molecule has 6 atom stereocenters. The maximum absolute atomic E-state index is 11.0. The number of aliphatic hydroxyl groups excluding tert-OH is 1. The van der Waals surface area contributed by atoms with Gasteiger partial charge in [0, 0.05) is 5.41 Å². The lowest BCUT2D eigenvalue weighted by Gasteiger charge is -2.53. The van der Waals surface area contributed by atoms with Crippen molar-refractivity contribution in [1.82, 2.24) is 0 Å². The highest BCUT2D eigenvalue weighted by Crippen LogP contribution is 2.64. The number of hydrogen-bond acceptors (Lipinski definition) is 1. The summed E-state index contributed by atoms with van der Waals surface area (Å²) >= 11 is 0. The van der Waals surface area contributed by atoms with Gasteiger partial charge in [0.2, 0.25) is 0 Å². The first-order valence-corrected chi connectivity index (χ1v) is 12.4. The molecule has 2 fully saturated rings. The molecular formula is C27H44O. The summed E-state index contributed by atoms with van der Waals surface area (Å²) in [4.78, 5) is 0. The van der Waals surface area contributed by atoms with Gasteiger partial charge in [-0.05, 0) is 87.4 Å². The van der Waals surface area contributed by atoms with Crippen LogP contribution < -0.4 is 0 Å². The summed E-state index contributed by atoms with van der Waals surface area (Å²) < 4.78 is 0. The zero-order chi connectivity index (χ0) is 20.1. The lowest BCUT2D eigenvalue weighted by atomic mass is 9.52. The highest BCUT2D eigenvalue weighted by molar-refractivity contribution is 5.44. The first kappa shape index (κ1) is 20.7. The van der Waals surface area contributed by atoms with Crippen LogP contribution in [0.15, 0.2) is 22.8 Å². The van der Waals surface area contributed by atoms with E-state index in [1.54, 1.807) is 16.7 Å². The quantitative estimate of drug-likeness (QED) is 0.488. The number of allylic oxidation sites excluding steroid dienone is 2. The molecule has 1 heteroatoms. The molecule has 2 saturated carbocycles. The summed E-state index contributed by atoms with van der Waals surface area (Å²) in [6.45, 7) is 12.3.